The number of nitrogens with one attached hydrogen (secondary N) is 3. The van der Waals surface area contributed by atoms with Crippen LogP contribution in [0.3, 0.4) is 0 Å². The molecule has 1 saturated carbocycles. The summed E-state index contributed by atoms with van der Waals surface area (Å²) in [4.78, 5) is 19.8. The second kappa shape index (κ2) is 5.56. The molecule has 1 amide bonds. The Morgan fingerprint density at radius 2 is 2.25 bits per heavy atom. The average molecular weight is 276 g/mol. The van der Waals surface area contributed by atoms with Crippen LogP contribution in [0, 0.1) is 11.8 Å². The highest BCUT2D eigenvalue weighted by atomic mass is 16.2. The zero-order chi connectivity index (χ0) is 14.1. The van der Waals surface area contributed by atoms with Crippen molar-refractivity contribution < 1.29 is 4.79 Å². The number of carbonyl (C=O) groups is 1. The van der Waals surface area contributed by atoms with Crippen molar-refractivity contribution in [3.05, 3.63) is 17.7 Å². The maximum atomic E-state index is 12.4. The molecule has 0 aromatic carbocycles. The molecule has 0 saturated heterocycles. The van der Waals surface area contributed by atoms with Gasteiger partial charge in [-0.25, -0.2) is 4.98 Å². The summed E-state index contributed by atoms with van der Waals surface area (Å²) in [5.41, 5.74) is 2.13. The molecule has 4 unspecified atom stereocenters. The van der Waals surface area contributed by atoms with Crippen molar-refractivity contribution >= 4 is 5.91 Å². The monoisotopic (exact) mass is 276 g/mol. The lowest BCUT2D eigenvalue weighted by Crippen LogP contribution is -2.53. The van der Waals surface area contributed by atoms with Crippen LogP contribution in [0.5, 0.6) is 0 Å². The van der Waals surface area contributed by atoms with Crippen LogP contribution < -0.4 is 10.6 Å². The van der Waals surface area contributed by atoms with Gasteiger partial charge in [0, 0.05) is 19.0 Å². The van der Waals surface area contributed by atoms with Gasteiger partial charge in [0.05, 0.1) is 23.8 Å². The lowest BCUT2D eigenvalue weighted by Gasteiger charge is -2.35. The lowest BCUT2D eigenvalue weighted by molar-refractivity contribution is -0.124. The molecule has 0 spiro atoms. The van der Waals surface area contributed by atoms with Crippen molar-refractivity contribution in [2.45, 2.75) is 58.2 Å². The summed E-state index contributed by atoms with van der Waals surface area (Å²) in [7, 11) is 0. The number of carbonyl (C=O) groups excluding carboxylic acids is 1. The van der Waals surface area contributed by atoms with Crippen LogP contribution in [-0.4, -0.2) is 28.0 Å². The van der Waals surface area contributed by atoms with E-state index in [9.17, 15) is 4.79 Å². The third-order valence-electron chi connectivity index (χ3n) is 5.08. The molecule has 0 bridgehead atoms. The predicted molar refractivity (Wildman–Crippen MR) is 77.0 cm³/mol. The summed E-state index contributed by atoms with van der Waals surface area (Å²) in [5.74, 6) is 1.40. The molecule has 2 aliphatic rings. The number of hydrogen-bond donors (Lipinski definition) is 3. The van der Waals surface area contributed by atoms with Crippen LogP contribution in [-0.2, 0) is 17.8 Å². The Morgan fingerprint density at radius 3 is 3.10 bits per heavy atom. The van der Waals surface area contributed by atoms with Gasteiger partial charge in [-0.3, -0.25) is 10.1 Å². The van der Waals surface area contributed by atoms with E-state index in [0.717, 1.165) is 17.8 Å². The second-order valence-corrected chi connectivity index (χ2v) is 6.35. The van der Waals surface area contributed by atoms with Gasteiger partial charge in [0.15, 0.2) is 0 Å². The van der Waals surface area contributed by atoms with Crippen molar-refractivity contribution in [1.29, 1.82) is 0 Å². The SMILES string of the molecule is CC1CCCC(NC(=O)C2Cc3nc[nH]c3CN2)C1C. The van der Waals surface area contributed by atoms with E-state index in [0.29, 0.717) is 30.8 Å². The van der Waals surface area contributed by atoms with Crippen LogP contribution in [0.1, 0.15) is 44.5 Å². The zero-order valence-corrected chi connectivity index (χ0v) is 12.3. The number of imidazole rings is 1. The highest BCUT2D eigenvalue weighted by Crippen LogP contribution is 2.29. The fraction of sp³-hybridized carbons (Fsp3) is 0.733. The minimum atomic E-state index is -0.143. The molecule has 5 nitrogen and oxygen atoms in total. The third kappa shape index (κ3) is 2.59. The first-order valence-corrected chi connectivity index (χ1v) is 7.70. The molecule has 1 aromatic heterocycles. The van der Waals surface area contributed by atoms with Gasteiger partial charge in [-0.1, -0.05) is 26.7 Å². The number of nitrogens with zero attached hydrogens (tertiary/aromatic N) is 1. The van der Waals surface area contributed by atoms with E-state index in [2.05, 4.69) is 34.4 Å². The largest absolute Gasteiger partial charge is 0.352 e. The van der Waals surface area contributed by atoms with Gasteiger partial charge in [0.2, 0.25) is 5.91 Å². The van der Waals surface area contributed by atoms with Gasteiger partial charge in [-0.05, 0) is 18.3 Å². The molecule has 2 heterocycles. The van der Waals surface area contributed by atoms with Crippen LogP contribution >= 0.6 is 0 Å². The summed E-state index contributed by atoms with van der Waals surface area (Å²) in [6, 6.07) is 0.184. The van der Waals surface area contributed by atoms with Crippen molar-refractivity contribution in [3.8, 4) is 0 Å². The van der Waals surface area contributed by atoms with Gasteiger partial charge < -0.3 is 10.3 Å². The molecule has 1 aliphatic heterocycles. The molecule has 1 aromatic rings. The van der Waals surface area contributed by atoms with E-state index in [1.54, 1.807) is 6.33 Å². The molecule has 5 heteroatoms. The quantitative estimate of drug-likeness (QED) is 0.764. The van der Waals surface area contributed by atoms with Gasteiger partial charge in [0.1, 0.15) is 0 Å². The summed E-state index contributed by atoms with van der Waals surface area (Å²) < 4.78 is 0. The number of aromatic nitrogens is 2. The Morgan fingerprint density at radius 1 is 1.40 bits per heavy atom. The van der Waals surface area contributed by atoms with E-state index < -0.39 is 0 Å². The predicted octanol–water partition coefficient (Wildman–Crippen LogP) is 1.36. The third-order valence-corrected chi connectivity index (χ3v) is 5.08. The first-order chi connectivity index (χ1) is 9.65. The Balaban J connectivity index is 1.60. The van der Waals surface area contributed by atoms with Crippen molar-refractivity contribution in [2.24, 2.45) is 11.8 Å². The zero-order valence-electron chi connectivity index (χ0n) is 12.3. The first kappa shape index (κ1) is 13.6. The minimum Gasteiger partial charge on any atom is -0.352 e. The number of amides is 1. The van der Waals surface area contributed by atoms with Gasteiger partial charge in [-0.15, -0.1) is 0 Å². The standard InChI is InChI=1S/C15H24N4O/c1-9-4-3-5-11(10(9)2)19-15(20)13-6-12-14(7-16-13)18-8-17-12/h8-11,13,16H,3-7H2,1-2H3,(H,17,18)(H,19,20). The summed E-state index contributed by atoms with van der Waals surface area (Å²) in [6.07, 6.45) is 6.00. The van der Waals surface area contributed by atoms with Gasteiger partial charge in [0.25, 0.3) is 0 Å². The Labute approximate surface area is 119 Å². The fourth-order valence-electron chi connectivity index (χ4n) is 3.42. The highest BCUT2D eigenvalue weighted by molar-refractivity contribution is 5.82. The molecule has 1 fully saturated rings. The molecule has 4 atom stereocenters. The van der Waals surface area contributed by atoms with Crippen LogP contribution in [0.4, 0.5) is 0 Å². The van der Waals surface area contributed by atoms with Crippen LogP contribution in [0.15, 0.2) is 6.33 Å². The fourth-order valence-corrected chi connectivity index (χ4v) is 3.42. The van der Waals surface area contributed by atoms with Gasteiger partial charge >= 0.3 is 0 Å². The van der Waals surface area contributed by atoms with Crippen molar-refractivity contribution in [2.75, 3.05) is 0 Å². The second-order valence-electron chi connectivity index (χ2n) is 6.35. The molecule has 3 rings (SSSR count). The maximum Gasteiger partial charge on any atom is 0.237 e. The van der Waals surface area contributed by atoms with E-state index in [4.69, 9.17) is 0 Å². The van der Waals surface area contributed by atoms with Gasteiger partial charge in [-0.2, -0.15) is 0 Å². The molecular formula is C15H24N4O. The molecular weight excluding hydrogens is 252 g/mol. The summed E-state index contributed by atoms with van der Waals surface area (Å²) >= 11 is 0. The van der Waals surface area contributed by atoms with Crippen LogP contribution in [0.2, 0.25) is 0 Å². The molecule has 110 valence electrons. The minimum absolute atomic E-state index is 0.129. The summed E-state index contributed by atoms with van der Waals surface area (Å²) in [5, 5.41) is 6.55. The Hall–Kier alpha value is -1.36. The average Bonchev–Trinajstić information content (AvgIpc) is 2.91. The Bertz CT molecular complexity index is 484. The Kier molecular flexibility index (Phi) is 3.78. The number of aromatic amines is 1. The number of hydrogen-bond acceptors (Lipinski definition) is 3. The van der Waals surface area contributed by atoms with E-state index in [-0.39, 0.29) is 11.9 Å². The van der Waals surface area contributed by atoms with Crippen LogP contribution in [0.25, 0.3) is 0 Å². The first-order valence-electron chi connectivity index (χ1n) is 7.70. The summed E-state index contributed by atoms with van der Waals surface area (Å²) in [6.45, 7) is 5.25. The molecule has 20 heavy (non-hydrogen) atoms. The molecule has 0 radical (unpaired) electrons. The van der Waals surface area contributed by atoms with E-state index in [1.165, 1.54) is 12.8 Å². The number of fused-ring (bicyclic) bond motifs is 1. The number of H-pyrrole nitrogens is 1. The molecule has 3 N–H and O–H groups in total. The normalized spacial score (nSPS) is 33.5. The topological polar surface area (TPSA) is 69.8 Å². The molecule has 1 aliphatic carbocycles. The maximum absolute atomic E-state index is 12.4. The van der Waals surface area contributed by atoms with E-state index in [1.807, 2.05) is 0 Å². The lowest BCUT2D eigenvalue weighted by atomic mass is 9.78. The number of rotatable bonds is 2. The van der Waals surface area contributed by atoms with Crippen molar-refractivity contribution in [3.63, 3.8) is 0 Å². The highest BCUT2D eigenvalue weighted by Gasteiger charge is 2.31. The smallest absolute Gasteiger partial charge is 0.237 e. The van der Waals surface area contributed by atoms with E-state index >= 15 is 0 Å². The van der Waals surface area contributed by atoms with Crippen molar-refractivity contribution in [1.82, 2.24) is 20.6 Å².